The van der Waals surface area contributed by atoms with Crippen molar-refractivity contribution in [1.29, 1.82) is 0 Å². The van der Waals surface area contributed by atoms with Crippen LogP contribution in [-0.2, 0) is 0 Å². The minimum absolute atomic E-state index is 0.119. The second-order valence-electron chi connectivity index (χ2n) is 3.18. The molecule has 0 radical (unpaired) electrons. The second kappa shape index (κ2) is 3.53. The number of nitrogens with one attached hydrogen (secondary N) is 1. The summed E-state index contributed by atoms with van der Waals surface area (Å²) in [5, 5.41) is 10.3. The van der Waals surface area contributed by atoms with Gasteiger partial charge < -0.3 is 15.8 Å². The van der Waals surface area contributed by atoms with Gasteiger partial charge in [0.15, 0.2) is 0 Å². The number of H-pyrrole nitrogens is 1. The monoisotopic (exact) mass is 184 g/mol. The van der Waals surface area contributed by atoms with E-state index in [1.165, 1.54) is 6.20 Å². The largest absolute Gasteiger partial charge is 0.358 e. The Morgan fingerprint density at radius 1 is 1.69 bits per heavy atom. The van der Waals surface area contributed by atoms with E-state index in [2.05, 4.69) is 9.97 Å². The number of imidazole rings is 1. The third kappa shape index (κ3) is 2.03. The van der Waals surface area contributed by atoms with Gasteiger partial charge in [0.05, 0.1) is 6.04 Å². The summed E-state index contributed by atoms with van der Waals surface area (Å²) in [5.41, 5.74) is 5.73. The van der Waals surface area contributed by atoms with Crippen molar-refractivity contribution in [3.8, 4) is 0 Å². The molecule has 0 aromatic carbocycles. The fourth-order valence-electron chi connectivity index (χ4n) is 0.904. The van der Waals surface area contributed by atoms with Gasteiger partial charge >= 0.3 is 5.82 Å². The number of hydrogen-bond donors (Lipinski definition) is 2. The number of aromatic nitrogens is 2. The van der Waals surface area contributed by atoms with E-state index in [4.69, 9.17) is 5.73 Å². The molecule has 0 saturated carbocycles. The lowest BCUT2D eigenvalue weighted by atomic mass is 10.1. The van der Waals surface area contributed by atoms with Gasteiger partial charge in [-0.05, 0) is 10.8 Å². The normalized spacial score (nSPS) is 13.2. The van der Waals surface area contributed by atoms with Crippen molar-refractivity contribution in [3.05, 3.63) is 22.1 Å². The van der Waals surface area contributed by atoms with Crippen molar-refractivity contribution in [2.45, 2.75) is 19.9 Å². The van der Waals surface area contributed by atoms with Gasteiger partial charge in [-0.25, -0.2) is 9.97 Å². The molecule has 1 atom stereocenters. The summed E-state index contributed by atoms with van der Waals surface area (Å²) in [6.45, 7) is 3.86. The van der Waals surface area contributed by atoms with Crippen LogP contribution in [0.25, 0.3) is 0 Å². The van der Waals surface area contributed by atoms with Gasteiger partial charge in [0.1, 0.15) is 6.20 Å². The van der Waals surface area contributed by atoms with E-state index in [9.17, 15) is 10.1 Å². The Bertz CT molecular complexity index is 307. The van der Waals surface area contributed by atoms with Crippen LogP contribution in [0.2, 0.25) is 0 Å². The van der Waals surface area contributed by atoms with E-state index in [1.807, 2.05) is 13.8 Å². The van der Waals surface area contributed by atoms with Crippen LogP contribution in [0.1, 0.15) is 25.7 Å². The molecule has 6 nitrogen and oxygen atoms in total. The van der Waals surface area contributed by atoms with Crippen LogP contribution in [0.5, 0.6) is 0 Å². The predicted octanol–water partition coefficient (Wildman–Crippen LogP) is 0.974. The highest BCUT2D eigenvalue weighted by molar-refractivity contribution is 5.16. The third-order valence-electron chi connectivity index (χ3n) is 1.81. The second-order valence-corrected chi connectivity index (χ2v) is 3.18. The summed E-state index contributed by atoms with van der Waals surface area (Å²) >= 11 is 0. The lowest BCUT2D eigenvalue weighted by Crippen LogP contribution is -2.18. The van der Waals surface area contributed by atoms with Gasteiger partial charge in [0, 0.05) is 0 Å². The first-order chi connectivity index (χ1) is 6.02. The van der Waals surface area contributed by atoms with Gasteiger partial charge in [0.2, 0.25) is 5.82 Å². The molecule has 1 unspecified atom stereocenters. The van der Waals surface area contributed by atoms with Crippen LogP contribution >= 0.6 is 0 Å². The van der Waals surface area contributed by atoms with Crippen LogP contribution < -0.4 is 5.73 Å². The molecule has 0 saturated heterocycles. The van der Waals surface area contributed by atoms with Crippen LogP contribution in [0.15, 0.2) is 6.20 Å². The van der Waals surface area contributed by atoms with Crippen LogP contribution in [0.4, 0.5) is 5.82 Å². The van der Waals surface area contributed by atoms with Crippen LogP contribution in [0, 0.1) is 16.0 Å². The maximum Gasteiger partial charge on any atom is 0.340 e. The fraction of sp³-hybridized carbons (Fsp3) is 0.571. The van der Waals surface area contributed by atoms with Gasteiger partial charge in [0.25, 0.3) is 0 Å². The van der Waals surface area contributed by atoms with Crippen molar-refractivity contribution < 1.29 is 4.92 Å². The summed E-state index contributed by atoms with van der Waals surface area (Å²) < 4.78 is 0. The molecule has 0 aliphatic carbocycles. The van der Waals surface area contributed by atoms with Gasteiger partial charge in [-0.1, -0.05) is 13.8 Å². The van der Waals surface area contributed by atoms with E-state index in [0.29, 0.717) is 5.82 Å². The molecule has 72 valence electrons. The van der Waals surface area contributed by atoms with Gasteiger partial charge in [-0.2, -0.15) is 0 Å². The first-order valence-corrected chi connectivity index (χ1v) is 3.97. The zero-order valence-electron chi connectivity index (χ0n) is 7.52. The van der Waals surface area contributed by atoms with E-state index in [1.54, 1.807) is 0 Å². The molecule has 13 heavy (non-hydrogen) atoms. The lowest BCUT2D eigenvalue weighted by molar-refractivity contribution is -0.389. The van der Waals surface area contributed by atoms with Crippen molar-refractivity contribution in [3.63, 3.8) is 0 Å². The minimum Gasteiger partial charge on any atom is -0.358 e. The zero-order valence-corrected chi connectivity index (χ0v) is 7.52. The van der Waals surface area contributed by atoms with Gasteiger partial charge in [-0.15, -0.1) is 0 Å². The molecule has 0 fully saturated rings. The van der Waals surface area contributed by atoms with Crippen molar-refractivity contribution in [2.24, 2.45) is 11.7 Å². The zero-order chi connectivity index (χ0) is 10.0. The Morgan fingerprint density at radius 2 is 2.31 bits per heavy atom. The minimum atomic E-state index is -0.524. The Labute approximate surface area is 75.3 Å². The van der Waals surface area contributed by atoms with E-state index >= 15 is 0 Å². The van der Waals surface area contributed by atoms with E-state index < -0.39 is 4.92 Å². The Kier molecular flexibility index (Phi) is 2.62. The molecule has 0 aliphatic rings. The van der Waals surface area contributed by atoms with Crippen LogP contribution in [-0.4, -0.2) is 14.9 Å². The molecule has 1 aromatic heterocycles. The smallest absolute Gasteiger partial charge is 0.340 e. The van der Waals surface area contributed by atoms with E-state index in [0.717, 1.165) is 0 Å². The highest BCUT2D eigenvalue weighted by atomic mass is 16.6. The van der Waals surface area contributed by atoms with Crippen LogP contribution in [0.3, 0.4) is 0 Å². The Hall–Kier alpha value is -1.43. The average Bonchev–Trinajstić information content (AvgIpc) is 2.50. The molecular formula is C7H12N4O2. The number of hydrogen-bond acceptors (Lipinski definition) is 4. The molecule has 0 spiro atoms. The standard InChI is InChI=1S/C7H12N4O2/c1-4(2)6(8)7-9-3-5(10-7)11(12)13/h3-4,6H,8H2,1-2H3,(H,9,10). The summed E-state index contributed by atoms with van der Waals surface area (Å²) in [5.74, 6) is 0.540. The highest BCUT2D eigenvalue weighted by Gasteiger charge is 2.19. The molecule has 1 heterocycles. The quantitative estimate of drug-likeness (QED) is 0.540. The Balaban J connectivity index is 2.85. The molecule has 0 bridgehead atoms. The molecule has 0 amide bonds. The first-order valence-electron chi connectivity index (χ1n) is 3.97. The number of rotatable bonds is 3. The highest BCUT2D eigenvalue weighted by Crippen LogP contribution is 2.17. The Morgan fingerprint density at radius 3 is 2.69 bits per heavy atom. The number of nitrogens with zero attached hydrogens (tertiary/aromatic N) is 2. The summed E-state index contributed by atoms with van der Waals surface area (Å²) in [4.78, 5) is 16.2. The van der Waals surface area contributed by atoms with Crippen molar-refractivity contribution in [2.75, 3.05) is 0 Å². The van der Waals surface area contributed by atoms with Crippen molar-refractivity contribution >= 4 is 5.82 Å². The maximum absolute atomic E-state index is 10.3. The lowest BCUT2D eigenvalue weighted by Gasteiger charge is -2.09. The number of nitrogens with two attached hydrogens (primary N) is 1. The molecule has 0 aliphatic heterocycles. The third-order valence-corrected chi connectivity index (χ3v) is 1.81. The van der Waals surface area contributed by atoms with Crippen molar-refractivity contribution in [1.82, 2.24) is 9.97 Å². The molecule has 1 aromatic rings. The molecule has 1 rings (SSSR count). The first kappa shape index (κ1) is 9.66. The molecule has 6 heteroatoms. The van der Waals surface area contributed by atoms with E-state index in [-0.39, 0.29) is 17.8 Å². The fourth-order valence-corrected chi connectivity index (χ4v) is 0.904. The SMILES string of the molecule is CC(C)C(N)c1ncc([N+](=O)[O-])[nH]1. The summed E-state index contributed by atoms with van der Waals surface area (Å²) in [6.07, 6.45) is 1.18. The van der Waals surface area contributed by atoms with Gasteiger partial charge in [-0.3, -0.25) is 0 Å². The average molecular weight is 184 g/mol. The predicted molar refractivity (Wildman–Crippen MR) is 47.0 cm³/mol. The topological polar surface area (TPSA) is 97.8 Å². The molecular weight excluding hydrogens is 172 g/mol. The number of aromatic amines is 1. The summed E-state index contributed by atoms with van der Waals surface area (Å²) in [6, 6.07) is -0.284. The molecule has 3 N–H and O–H groups in total. The summed E-state index contributed by atoms with van der Waals surface area (Å²) in [7, 11) is 0. The maximum atomic E-state index is 10.3. The number of nitro groups is 1.